The van der Waals surface area contributed by atoms with Gasteiger partial charge in [0.25, 0.3) is 0 Å². The van der Waals surface area contributed by atoms with Crippen LogP contribution in [-0.2, 0) is 6.42 Å². The Morgan fingerprint density at radius 3 is 2.86 bits per heavy atom. The van der Waals surface area contributed by atoms with Gasteiger partial charge in [-0.3, -0.25) is 0 Å². The molecule has 4 heteroatoms. The molecule has 0 amide bonds. The molecule has 2 heterocycles. The van der Waals surface area contributed by atoms with Gasteiger partial charge >= 0.3 is 0 Å². The molecule has 1 aliphatic rings. The minimum Gasteiger partial charge on any atom is -0.361 e. The first-order valence-corrected chi connectivity index (χ1v) is 7.48. The molecule has 0 spiro atoms. The van der Waals surface area contributed by atoms with Gasteiger partial charge in [-0.1, -0.05) is 17.3 Å². The Bertz CT molecular complexity index is 837. The van der Waals surface area contributed by atoms with E-state index in [0.29, 0.717) is 0 Å². The van der Waals surface area contributed by atoms with E-state index < -0.39 is 0 Å². The number of H-pyrrole nitrogens is 1. The molecule has 0 radical (unpaired) electrons. The van der Waals surface area contributed by atoms with Gasteiger partial charge in [0.2, 0.25) is 0 Å². The minimum atomic E-state index is 0.869. The smallest absolute Gasteiger partial charge is 0.141 e. The van der Waals surface area contributed by atoms with Crippen LogP contribution < -0.4 is 0 Å². The Morgan fingerprint density at radius 1 is 1.23 bits per heavy atom. The van der Waals surface area contributed by atoms with Crippen molar-refractivity contribution < 1.29 is 4.52 Å². The summed E-state index contributed by atoms with van der Waals surface area (Å²) in [7, 11) is 0. The molecule has 3 aromatic rings. The number of allylic oxidation sites excluding steroid dienone is 1. The molecule has 1 aliphatic carbocycles. The van der Waals surface area contributed by atoms with E-state index in [1.807, 2.05) is 20.0 Å². The third kappa shape index (κ3) is 2.08. The maximum absolute atomic E-state index is 5.30. The van der Waals surface area contributed by atoms with Gasteiger partial charge in [0.1, 0.15) is 5.76 Å². The molecular weight excluding hydrogens is 274 g/mol. The van der Waals surface area contributed by atoms with Crippen molar-refractivity contribution >= 4 is 11.6 Å². The van der Waals surface area contributed by atoms with E-state index in [2.05, 4.69) is 39.4 Å². The first-order valence-electron chi connectivity index (χ1n) is 7.48. The van der Waals surface area contributed by atoms with Crippen LogP contribution in [0.1, 0.15) is 34.7 Å². The molecule has 0 saturated heterocycles. The number of rotatable bonds is 2. The van der Waals surface area contributed by atoms with Crippen molar-refractivity contribution in [2.75, 3.05) is 0 Å². The number of nitrogens with one attached hydrogen (secondary N) is 1. The average molecular weight is 291 g/mol. The van der Waals surface area contributed by atoms with Gasteiger partial charge in [-0.2, -0.15) is 0 Å². The normalized spacial score (nSPS) is 15.5. The number of aromatic amines is 1. The Balaban J connectivity index is 1.81. The lowest BCUT2D eigenvalue weighted by Gasteiger charge is -2.06. The Hall–Kier alpha value is -2.62. The van der Waals surface area contributed by atoms with Gasteiger partial charge in [0.15, 0.2) is 0 Å². The molecule has 110 valence electrons. The van der Waals surface area contributed by atoms with Crippen LogP contribution in [0.2, 0.25) is 0 Å². The Morgan fingerprint density at radius 2 is 2.14 bits per heavy atom. The van der Waals surface area contributed by atoms with Crippen molar-refractivity contribution in [3.05, 3.63) is 59.0 Å². The van der Waals surface area contributed by atoms with Gasteiger partial charge in [-0.05, 0) is 61.1 Å². The van der Waals surface area contributed by atoms with Crippen molar-refractivity contribution in [3.63, 3.8) is 0 Å². The molecule has 0 bridgehead atoms. The molecule has 0 fully saturated rings. The summed E-state index contributed by atoms with van der Waals surface area (Å²) in [6, 6.07) is 6.65. The highest BCUT2D eigenvalue weighted by atomic mass is 16.5. The summed E-state index contributed by atoms with van der Waals surface area (Å²) in [5.41, 5.74) is 8.26. The zero-order valence-electron chi connectivity index (χ0n) is 12.7. The fraction of sp³-hybridized carbons (Fsp3) is 0.222. The second-order valence-corrected chi connectivity index (χ2v) is 5.73. The molecular formula is C18H17N3O. The molecule has 0 saturated carbocycles. The summed E-state index contributed by atoms with van der Waals surface area (Å²) in [4.78, 5) is 7.30. The van der Waals surface area contributed by atoms with Crippen molar-refractivity contribution in [3.8, 4) is 11.1 Å². The van der Waals surface area contributed by atoms with Crippen molar-refractivity contribution in [2.45, 2.75) is 26.7 Å². The SMILES string of the molecule is Cc1noc(C)c1-c1ccc2c(c1)/C(=C/c1c[nH]cn1)CC2. The van der Waals surface area contributed by atoms with Crippen LogP contribution in [0.5, 0.6) is 0 Å². The summed E-state index contributed by atoms with van der Waals surface area (Å²) in [5.74, 6) is 0.869. The quantitative estimate of drug-likeness (QED) is 0.771. The summed E-state index contributed by atoms with van der Waals surface area (Å²) in [6.45, 7) is 3.95. The number of nitrogens with zero attached hydrogens (tertiary/aromatic N) is 2. The van der Waals surface area contributed by atoms with Crippen LogP contribution in [0.3, 0.4) is 0 Å². The molecule has 0 atom stereocenters. The third-order valence-corrected chi connectivity index (χ3v) is 4.28. The summed E-state index contributed by atoms with van der Waals surface area (Å²) in [5, 5.41) is 4.06. The van der Waals surface area contributed by atoms with Crippen molar-refractivity contribution in [1.82, 2.24) is 15.1 Å². The topological polar surface area (TPSA) is 54.7 Å². The van der Waals surface area contributed by atoms with E-state index in [0.717, 1.165) is 35.6 Å². The highest BCUT2D eigenvalue weighted by Gasteiger charge is 2.19. The zero-order valence-corrected chi connectivity index (χ0v) is 12.7. The molecule has 2 aromatic heterocycles. The maximum Gasteiger partial charge on any atom is 0.141 e. The van der Waals surface area contributed by atoms with E-state index in [1.54, 1.807) is 6.33 Å². The molecule has 4 rings (SSSR count). The fourth-order valence-electron chi connectivity index (χ4n) is 3.23. The second kappa shape index (κ2) is 4.98. The van der Waals surface area contributed by atoms with E-state index in [1.165, 1.54) is 22.3 Å². The lowest BCUT2D eigenvalue weighted by atomic mass is 9.98. The standard InChI is InChI=1S/C18H17N3O/c1-11-18(12(2)22-21-11)15-6-4-13-3-5-14(17(13)8-15)7-16-9-19-10-20-16/h4,6-10H,3,5H2,1-2H3,(H,19,20)/b14-7+. The summed E-state index contributed by atoms with van der Waals surface area (Å²) in [6.07, 6.45) is 7.95. The maximum atomic E-state index is 5.30. The van der Waals surface area contributed by atoms with Crippen molar-refractivity contribution in [1.29, 1.82) is 0 Å². The molecule has 0 aliphatic heterocycles. The second-order valence-electron chi connectivity index (χ2n) is 5.73. The molecule has 4 nitrogen and oxygen atoms in total. The predicted octanol–water partition coefficient (Wildman–Crippen LogP) is 4.17. The van der Waals surface area contributed by atoms with Gasteiger partial charge in [0.05, 0.1) is 17.7 Å². The van der Waals surface area contributed by atoms with Crippen LogP contribution in [0, 0.1) is 13.8 Å². The van der Waals surface area contributed by atoms with Gasteiger partial charge < -0.3 is 9.51 Å². The largest absolute Gasteiger partial charge is 0.361 e. The van der Waals surface area contributed by atoms with Gasteiger partial charge in [0, 0.05) is 11.8 Å². The highest BCUT2D eigenvalue weighted by molar-refractivity contribution is 5.86. The molecule has 1 N–H and O–H groups in total. The van der Waals surface area contributed by atoms with E-state index in [4.69, 9.17) is 4.52 Å². The molecule has 1 aromatic carbocycles. The van der Waals surface area contributed by atoms with E-state index in [9.17, 15) is 0 Å². The molecule has 0 unspecified atom stereocenters. The number of hydrogen-bond donors (Lipinski definition) is 1. The highest BCUT2D eigenvalue weighted by Crippen LogP contribution is 2.37. The molecule has 22 heavy (non-hydrogen) atoms. The van der Waals surface area contributed by atoms with Crippen LogP contribution >= 0.6 is 0 Å². The predicted molar refractivity (Wildman–Crippen MR) is 86.2 cm³/mol. The van der Waals surface area contributed by atoms with Gasteiger partial charge in [-0.25, -0.2) is 4.98 Å². The third-order valence-electron chi connectivity index (χ3n) is 4.28. The van der Waals surface area contributed by atoms with Crippen LogP contribution in [0.25, 0.3) is 22.8 Å². The average Bonchev–Trinajstić information content (AvgIpc) is 3.22. The monoisotopic (exact) mass is 291 g/mol. The van der Waals surface area contributed by atoms with E-state index >= 15 is 0 Å². The fourth-order valence-corrected chi connectivity index (χ4v) is 3.23. The van der Waals surface area contributed by atoms with Crippen LogP contribution in [0.4, 0.5) is 0 Å². The Labute approximate surface area is 128 Å². The lowest BCUT2D eigenvalue weighted by molar-refractivity contribution is 0.393. The van der Waals surface area contributed by atoms with Crippen LogP contribution in [-0.4, -0.2) is 15.1 Å². The van der Waals surface area contributed by atoms with Gasteiger partial charge in [-0.15, -0.1) is 0 Å². The number of hydrogen-bond acceptors (Lipinski definition) is 3. The first kappa shape index (κ1) is 13.1. The number of aromatic nitrogens is 3. The summed E-state index contributed by atoms with van der Waals surface area (Å²) < 4.78 is 5.30. The summed E-state index contributed by atoms with van der Waals surface area (Å²) >= 11 is 0. The number of benzene rings is 1. The van der Waals surface area contributed by atoms with E-state index in [-0.39, 0.29) is 0 Å². The zero-order chi connectivity index (χ0) is 15.1. The minimum absolute atomic E-state index is 0.869. The number of aryl methyl sites for hydroxylation is 3. The van der Waals surface area contributed by atoms with Crippen molar-refractivity contribution in [2.24, 2.45) is 0 Å². The number of fused-ring (bicyclic) bond motifs is 1. The van der Waals surface area contributed by atoms with Crippen LogP contribution in [0.15, 0.2) is 35.2 Å². The Kier molecular flexibility index (Phi) is 2.96. The first-order chi connectivity index (χ1) is 10.7. The number of imidazole rings is 1. The lowest BCUT2D eigenvalue weighted by Crippen LogP contribution is -1.87.